The van der Waals surface area contributed by atoms with Crippen molar-refractivity contribution >= 4 is 11.6 Å². The van der Waals surface area contributed by atoms with Crippen molar-refractivity contribution in [3.63, 3.8) is 0 Å². The summed E-state index contributed by atoms with van der Waals surface area (Å²) in [5, 5.41) is 3.10. The average molecular weight is 355 g/mol. The minimum atomic E-state index is 0.0223. The first-order chi connectivity index (χ1) is 12.5. The van der Waals surface area contributed by atoms with Crippen molar-refractivity contribution in [2.75, 3.05) is 19.0 Å². The van der Waals surface area contributed by atoms with E-state index in [0.29, 0.717) is 31.1 Å². The largest absolute Gasteiger partial charge is 0.493 e. The Labute approximate surface area is 156 Å². The van der Waals surface area contributed by atoms with Gasteiger partial charge >= 0.3 is 0 Å². The molecule has 4 heteroatoms. The number of anilines is 1. The number of hydrogen-bond acceptors (Lipinski definition) is 3. The van der Waals surface area contributed by atoms with Crippen LogP contribution in [0.3, 0.4) is 0 Å². The van der Waals surface area contributed by atoms with Gasteiger partial charge in [0.25, 0.3) is 0 Å². The third kappa shape index (κ3) is 5.01. The van der Waals surface area contributed by atoms with Crippen LogP contribution in [0.1, 0.15) is 49.8 Å². The molecule has 2 aromatic rings. The van der Waals surface area contributed by atoms with Crippen LogP contribution in [0.25, 0.3) is 0 Å². The molecule has 140 valence electrons. The second-order valence-electron chi connectivity index (χ2n) is 6.66. The lowest BCUT2D eigenvalue weighted by atomic mass is 9.98. The van der Waals surface area contributed by atoms with E-state index >= 15 is 0 Å². The van der Waals surface area contributed by atoms with E-state index in [9.17, 15) is 4.79 Å². The fourth-order valence-electron chi connectivity index (χ4n) is 2.94. The van der Waals surface area contributed by atoms with Crippen LogP contribution in [0.15, 0.2) is 36.4 Å². The van der Waals surface area contributed by atoms with Gasteiger partial charge in [0.05, 0.1) is 13.7 Å². The van der Waals surface area contributed by atoms with Gasteiger partial charge in [0, 0.05) is 12.1 Å². The molecule has 26 heavy (non-hydrogen) atoms. The first kappa shape index (κ1) is 19.8. The van der Waals surface area contributed by atoms with Crippen LogP contribution in [0.5, 0.6) is 11.5 Å². The van der Waals surface area contributed by atoms with Gasteiger partial charge in [0.2, 0.25) is 5.91 Å². The van der Waals surface area contributed by atoms with Crippen LogP contribution >= 0.6 is 0 Å². The fourth-order valence-corrected chi connectivity index (χ4v) is 2.94. The first-order valence-electron chi connectivity index (χ1n) is 9.15. The molecule has 0 saturated carbocycles. The second kappa shape index (κ2) is 9.27. The summed E-state index contributed by atoms with van der Waals surface area (Å²) in [5.74, 6) is 1.81. The van der Waals surface area contributed by atoms with Gasteiger partial charge in [-0.15, -0.1) is 0 Å². The molecule has 0 aliphatic carbocycles. The highest BCUT2D eigenvalue weighted by molar-refractivity contribution is 5.92. The summed E-state index contributed by atoms with van der Waals surface area (Å²) in [6.45, 7) is 8.83. The van der Waals surface area contributed by atoms with E-state index in [1.54, 1.807) is 7.11 Å². The summed E-state index contributed by atoms with van der Waals surface area (Å²) in [6.07, 6.45) is 1.07. The highest BCUT2D eigenvalue weighted by atomic mass is 16.5. The number of para-hydroxylation sites is 1. The molecule has 4 nitrogen and oxygen atoms in total. The molecule has 0 unspecified atom stereocenters. The molecule has 1 N–H and O–H groups in total. The molecule has 2 aromatic carbocycles. The Morgan fingerprint density at radius 3 is 2.58 bits per heavy atom. The Hall–Kier alpha value is -2.49. The van der Waals surface area contributed by atoms with Crippen molar-refractivity contribution < 1.29 is 14.3 Å². The van der Waals surface area contributed by atoms with Crippen LogP contribution in [-0.2, 0) is 11.2 Å². The quantitative estimate of drug-likeness (QED) is 0.717. The zero-order valence-electron chi connectivity index (χ0n) is 16.4. The van der Waals surface area contributed by atoms with E-state index in [4.69, 9.17) is 9.47 Å². The number of carbonyl (C=O) groups is 1. The van der Waals surface area contributed by atoms with Crippen molar-refractivity contribution in [1.29, 1.82) is 0 Å². The number of rotatable bonds is 8. The SMILES string of the molecule is CCOc1ccc(CCC(=O)Nc2c(C)cccc2C(C)C)cc1OC. The lowest BCUT2D eigenvalue weighted by molar-refractivity contribution is -0.116. The molecule has 0 spiro atoms. The molecule has 0 saturated heterocycles. The third-order valence-corrected chi connectivity index (χ3v) is 4.36. The summed E-state index contributed by atoms with van der Waals surface area (Å²) in [6, 6.07) is 11.9. The molecule has 2 rings (SSSR count). The Morgan fingerprint density at radius 2 is 1.92 bits per heavy atom. The van der Waals surface area contributed by atoms with Gasteiger partial charge in [-0.3, -0.25) is 4.79 Å². The number of carbonyl (C=O) groups excluding carboxylic acids is 1. The predicted octanol–water partition coefficient (Wildman–Crippen LogP) is 5.10. The zero-order chi connectivity index (χ0) is 19.1. The smallest absolute Gasteiger partial charge is 0.224 e. The number of amides is 1. The number of benzene rings is 2. The number of methoxy groups -OCH3 is 1. The van der Waals surface area contributed by atoms with Gasteiger partial charge in [-0.1, -0.05) is 38.1 Å². The summed E-state index contributed by atoms with van der Waals surface area (Å²) in [5.41, 5.74) is 4.25. The summed E-state index contributed by atoms with van der Waals surface area (Å²) in [7, 11) is 1.62. The maximum atomic E-state index is 12.5. The maximum Gasteiger partial charge on any atom is 0.224 e. The molecule has 0 bridgehead atoms. The zero-order valence-corrected chi connectivity index (χ0v) is 16.4. The number of nitrogens with one attached hydrogen (secondary N) is 1. The normalized spacial score (nSPS) is 10.7. The molecular formula is C22H29NO3. The predicted molar refractivity (Wildman–Crippen MR) is 106 cm³/mol. The topological polar surface area (TPSA) is 47.6 Å². The molecule has 1 amide bonds. The minimum Gasteiger partial charge on any atom is -0.493 e. The first-order valence-corrected chi connectivity index (χ1v) is 9.15. The molecule has 0 aliphatic rings. The van der Waals surface area contributed by atoms with Gasteiger partial charge < -0.3 is 14.8 Å². The molecule has 0 atom stereocenters. The maximum absolute atomic E-state index is 12.5. The van der Waals surface area contributed by atoms with Crippen molar-refractivity contribution in [2.45, 2.75) is 46.5 Å². The summed E-state index contributed by atoms with van der Waals surface area (Å²) in [4.78, 5) is 12.5. The summed E-state index contributed by atoms with van der Waals surface area (Å²) >= 11 is 0. The monoisotopic (exact) mass is 355 g/mol. The van der Waals surface area contributed by atoms with E-state index in [1.165, 1.54) is 5.56 Å². The average Bonchev–Trinajstić information content (AvgIpc) is 2.62. The second-order valence-corrected chi connectivity index (χ2v) is 6.66. The summed E-state index contributed by atoms with van der Waals surface area (Å²) < 4.78 is 10.9. The van der Waals surface area contributed by atoms with Gasteiger partial charge in [-0.05, 0) is 55.0 Å². The Morgan fingerprint density at radius 1 is 1.15 bits per heavy atom. The van der Waals surface area contributed by atoms with Crippen LogP contribution < -0.4 is 14.8 Å². The fraction of sp³-hybridized carbons (Fsp3) is 0.409. The molecule has 0 fully saturated rings. The number of ether oxygens (including phenoxy) is 2. The molecule has 0 aromatic heterocycles. The molecular weight excluding hydrogens is 326 g/mol. The minimum absolute atomic E-state index is 0.0223. The van der Waals surface area contributed by atoms with Gasteiger partial charge in [0.15, 0.2) is 11.5 Å². The molecule has 0 aliphatic heterocycles. The highest BCUT2D eigenvalue weighted by Gasteiger charge is 2.13. The lowest BCUT2D eigenvalue weighted by Gasteiger charge is -2.16. The Bertz CT molecular complexity index is 753. The number of aryl methyl sites for hydroxylation is 2. The van der Waals surface area contributed by atoms with Crippen LogP contribution in [0, 0.1) is 6.92 Å². The van der Waals surface area contributed by atoms with Crippen LogP contribution in [-0.4, -0.2) is 19.6 Å². The van der Waals surface area contributed by atoms with Crippen molar-refractivity contribution in [3.05, 3.63) is 53.1 Å². The van der Waals surface area contributed by atoms with E-state index in [0.717, 1.165) is 22.6 Å². The highest BCUT2D eigenvalue weighted by Crippen LogP contribution is 2.29. The van der Waals surface area contributed by atoms with E-state index in [1.807, 2.05) is 44.2 Å². The van der Waals surface area contributed by atoms with E-state index < -0.39 is 0 Å². The Kier molecular flexibility index (Phi) is 7.07. The van der Waals surface area contributed by atoms with Crippen LogP contribution in [0.2, 0.25) is 0 Å². The number of hydrogen-bond donors (Lipinski definition) is 1. The third-order valence-electron chi connectivity index (χ3n) is 4.36. The molecule has 0 radical (unpaired) electrons. The Balaban J connectivity index is 2.04. The van der Waals surface area contributed by atoms with Crippen LogP contribution in [0.4, 0.5) is 5.69 Å². The van der Waals surface area contributed by atoms with Crippen molar-refractivity contribution in [1.82, 2.24) is 0 Å². The van der Waals surface area contributed by atoms with E-state index in [-0.39, 0.29) is 5.91 Å². The van der Waals surface area contributed by atoms with E-state index in [2.05, 4.69) is 25.2 Å². The van der Waals surface area contributed by atoms with Gasteiger partial charge in [-0.25, -0.2) is 0 Å². The molecule has 0 heterocycles. The van der Waals surface area contributed by atoms with Gasteiger partial charge in [-0.2, -0.15) is 0 Å². The lowest BCUT2D eigenvalue weighted by Crippen LogP contribution is -2.15. The van der Waals surface area contributed by atoms with Crippen molar-refractivity contribution in [3.8, 4) is 11.5 Å². The van der Waals surface area contributed by atoms with Gasteiger partial charge in [0.1, 0.15) is 0 Å². The van der Waals surface area contributed by atoms with Crippen molar-refractivity contribution in [2.24, 2.45) is 0 Å². The standard InChI is InChI=1S/C22H29NO3/c1-6-26-19-12-10-17(14-20(19)25-5)11-13-21(24)23-22-16(4)8-7-9-18(22)15(2)3/h7-10,12,14-15H,6,11,13H2,1-5H3,(H,23,24).